The van der Waals surface area contributed by atoms with Crippen LogP contribution < -0.4 is 4.74 Å². The maximum absolute atomic E-state index is 14.0. The minimum Gasteiger partial charge on any atom is -0.495 e. The van der Waals surface area contributed by atoms with Crippen LogP contribution in [0.4, 0.5) is 4.39 Å². The fourth-order valence-electron chi connectivity index (χ4n) is 2.26. The molecular formula is C16H16ClFO2. The Morgan fingerprint density at radius 3 is 2.55 bits per heavy atom. The van der Waals surface area contributed by atoms with Crippen molar-refractivity contribution in [2.45, 2.75) is 18.9 Å². The lowest BCUT2D eigenvalue weighted by Gasteiger charge is -2.28. The molecule has 0 saturated carbocycles. The minimum atomic E-state index is -1.41. The molecule has 0 spiro atoms. The van der Waals surface area contributed by atoms with Crippen LogP contribution in [0.1, 0.15) is 24.5 Å². The van der Waals surface area contributed by atoms with Crippen LogP contribution in [0, 0.1) is 5.82 Å². The summed E-state index contributed by atoms with van der Waals surface area (Å²) in [6.45, 7) is 1.80. The van der Waals surface area contributed by atoms with Crippen LogP contribution in [-0.2, 0) is 5.60 Å². The van der Waals surface area contributed by atoms with Crippen molar-refractivity contribution in [3.63, 3.8) is 0 Å². The van der Waals surface area contributed by atoms with Gasteiger partial charge in [-0.25, -0.2) is 4.39 Å². The smallest absolute Gasteiger partial charge is 0.137 e. The lowest BCUT2D eigenvalue weighted by molar-refractivity contribution is 0.0723. The van der Waals surface area contributed by atoms with Crippen molar-refractivity contribution in [3.8, 4) is 5.75 Å². The summed E-state index contributed by atoms with van der Waals surface area (Å²) in [5.41, 5.74) is -0.623. The summed E-state index contributed by atoms with van der Waals surface area (Å²) < 4.78 is 19.2. The minimum absolute atomic E-state index is 0.242. The summed E-state index contributed by atoms with van der Waals surface area (Å²) in [6.07, 6.45) is 0.332. The van der Waals surface area contributed by atoms with Gasteiger partial charge in [-0.05, 0) is 30.2 Å². The monoisotopic (exact) mass is 294 g/mol. The number of rotatable bonds is 4. The van der Waals surface area contributed by atoms with Gasteiger partial charge in [0.1, 0.15) is 17.2 Å². The van der Waals surface area contributed by atoms with E-state index in [9.17, 15) is 9.50 Å². The van der Waals surface area contributed by atoms with Crippen LogP contribution in [-0.4, -0.2) is 12.2 Å². The summed E-state index contributed by atoms with van der Waals surface area (Å²) in [5.74, 6) is 0.0122. The number of methoxy groups -OCH3 is 1. The molecule has 2 aromatic rings. The second kappa shape index (κ2) is 5.81. The molecule has 0 amide bonds. The van der Waals surface area contributed by atoms with Gasteiger partial charge in [-0.2, -0.15) is 0 Å². The van der Waals surface area contributed by atoms with Crippen molar-refractivity contribution in [2.24, 2.45) is 0 Å². The van der Waals surface area contributed by atoms with Crippen molar-refractivity contribution in [2.75, 3.05) is 7.11 Å². The summed E-state index contributed by atoms with van der Waals surface area (Å²) >= 11 is 5.99. The number of halogens is 2. The van der Waals surface area contributed by atoms with Crippen molar-refractivity contribution in [3.05, 3.63) is 64.4 Å². The Hall–Kier alpha value is -1.58. The molecule has 0 saturated heterocycles. The zero-order chi connectivity index (χ0) is 14.8. The van der Waals surface area contributed by atoms with E-state index in [1.54, 1.807) is 43.3 Å². The first-order chi connectivity index (χ1) is 9.52. The van der Waals surface area contributed by atoms with Crippen molar-refractivity contribution < 1.29 is 14.2 Å². The molecule has 106 valence electrons. The third-order valence-corrected chi connectivity index (χ3v) is 3.77. The number of hydrogen-bond donors (Lipinski definition) is 1. The van der Waals surface area contributed by atoms with E-state index in [0.29, 0.717) is 22.8 Å². The molecule has 0 bridgehead atoms. The van der Waals surface area contributed by atoms with Gasteiger partial charge in [0.2, 0.25) is 0 Å². The average Bonchev–Trinajstić information content (AvgIpc) is 2.47. The van der Waals surface area contributed by atoms with E-state index in [0.717, 1.165) is 0 Å². The molecule has 0 aliphatic heterocycles. The van der Waals surface area contributed by atoms with Gasteiger partial charge in [-0.3, -0.25) is 0 Å². The summed E-state index contributed by atoms with van der Waals surface area (Å²) in [6, 6.07) is 11.2. The Morgan fingerprint density at radius 2 is 1.95 bits per heavy atom. The number of benzene rings is 2. The molecule has 0 aliphatic carbocycles. The number of ether oxygens (including phenoxy) is 1. The SMILES string of the molecule is CCC(O)(c1ccc(Cl)c(OC)c1)c1ccccc1F. The number of hydrogen-bond acceptors (Lipinski definition) is 2. The highest BCUT2D eigenvalue weighted by Crippen LogP contribution is 2.37. The maximum Gasteiger partial charge on any atom is 0.137 e. The predicted molar refractivity (Wildman–Crippen MR) is 77.7 cm³/mol. The van der Waals surface area contributed by atoms with Crippen molar-refractivity contribution in [1.29, 1.82) is 0 Å². The molecule has 0 aromatic heterocycles. The van der Waals surface area contributed by atoms with E-state index in [-0.39, 0.29) is 5.56 Å². The molecule has 1 N–H and O–H groups in total. The summed E-state index contributed by atoms with van der Waals surface area (Å²) in [5, 5.41) is 11.4. The molecule has 0 heterocycles. The van der Waals surface area contributed by atoms with Gasteiger partial charge in [0, 0.05) is 5.56 Å². The van der Waals surface area contributed by atoms with Gasteiger partial charge in [0.05, 0.1) is 12.1 Å². The lowest BCUT2D eigenvalue weighted by atomic mass is 9.84. The molecule has 1 unspecified atom stereocenters. The topological polar surface area (TPSA) is 29.5 Å². The molecule has 1 atom stereocenters. The lowest BCUT2D eigenvalue weighted by Crippen LogP contribution is -2.27. The fraction of sp³-hybridized carbons (Fsp3) is 0.250. The van der Waals surface area contributed by atoms with Crippen LogP contribution in [0.5, 0.6) is 5.75 Å². The van der Waals surface area contributed by atoms with Gasteiger partial charge < -0.3 is 9.84 Å². The van der Waals surface area contributed by atoms with Crippen molar-refractivity contribution >= 4 is 11.6 Å². The van der Waals surface area contributed by atoms with E-state index in [2.05, 4.69) is 0 Å². The van der Waals surface area contributed by atoms with E-state index in [1.165, 1.54) is 13.2 Å². The third kappa shape index (κ3) is 2.51. The maximum atomic E-state index is 14.0. The van der Waals surface area contributed by atoms with Crippen LogP contribution in [0.15, 0.2) is 42.5 Å². The largest absolute Gasteiger partial charge is 0.495 e. The Labute approximate surface area is 122 Å². The van der Waals surface area contributed by atoms with Gasteiger partial charge in [0.15, 0.2) is 0 Å². The van der Waals surface area contributed by atoms with Crippen LogP contribution in [0.2, 0.25) is 5.02 Å². The molecule has 0 fully saturated rings. The van der Waals surface area contributed by atoms with E-state index < -0.39 is 11.4 Å². The molecule has 4 heteroatoms. The zero-order valence-corrected chi connectivity index (χ0v) is 12.1. The van der Waals surface area contributed by atoms with E-state index in [1.807, 2.05) is 0 Å². The van der Waals surface area contributed by atoms with E-state index in [4.69, 9.17) is 16.3 Å². The highest BCUT2D eigenvalue weighted by atomic mass is 35.5. The standard InChI is InChI=1S/C16H16ClFO2/c1-3-16(19,12-6-4-5-7-14(12)18)11-8-9-13(17)15(10-11)20-2/h4-10,19H,3H2,1-2H3. The number of aliphatic hydroxyl groups is 1. The fourth-order valence-corrected chi connectivity index (χ4v) is 2.46. The highest BCUT2D eigenvalue weighted by Gasteiger charge is 2.32. The first kappa shape index (κ1) is 14.8. The molecule has 20 heavy (non-hydrogen) atoms. The first-order valence-electron chi connectivity index (χ1n) is 6.34. The van der Waals surface area contributed by atoms with Gasteiger partial charge in [-0.1, -0.05) is 42.8 Å². The Kier molecular flexibility index (Phi) is 4.31. The molecule has 0 radical (unpaired) electrons. The third-order valence-electron chi connectivity index (χ3n) is 3.46. The van der Waals surface area contributed by atoms with Crippen molar-refractivity contribution in [1.82, 2.24) is 0 Å². The quantitative estimate of drug-likeness (QED) is 0.918. The second-order valence-corrected chi connectivity index (χ2v) is 4.95. The van der Waals surface area contributed by atoms with Crippen LogP contribution >= 0.6 is 11.6 Å². The Morgan fingerprint density at radius 1 is 1.25 bits per heavy atom. The Balaban J connectivity index is 2.59. The first-order valence-corrected chi connectivity index (χ1v) is 6.72. The molecule has 0 aliphatic rings. The van der Waals surface area contributed by atoms with Gasteiger partial charge in [0.25, 0.3) is 0 Å². The molecule has 2 nitrogen and oxygen atoms in total. The van der Waals surface area contributed by atoms with Crippen LogP contribution in [0.25, 0.3) is 0 Å². The zero-order valence-electron chi connectivity index (χ0n) is 11.4. The second-order valence-electron chi connectivity index (χ2n) is 4.54. The molecular weight excluding hydrogens is 279 g/mol. The summed E-state index contributed by atoms with van der Waals surface area (Å²) in [7, 11) is 1.50. The molecule has 2 aromatic carbocycles. The predicted octanol–water partition coefficient (Wildman–Crippen LogP) is 4.13. The Bertz CT molecular complexity index is 615. The molecule has 2 rings (SSSR count). The summed E-state index contributed by atoms with van der Waals surface area (Å²) in [4.78, 5) is 0. The average molecular weight is 295 g/mol. The highest BCUT2D eigenvalue weighted by molar-refractivity contribution is 6.32. The van der Waals surface area contributed by atoms with E-state index >= 15 is 0 Å². The van der Waals surface area contributed by atoms with Gasteiger partial charge >= 0.3 is 0 Å². The normalized spacial score (nSPS) is 13.8. The van der Waals surface area contributed by atoms with Crippen LogP contribution in [0.3, 0.4) is 0 Å². The van der Waals surface area contributed by atoms with Gasteiger partial charge in [-0.15, -0.1) is 0 Å².